The summed E-state index contributed by atoms with van der Waals surface area (Å²) in [7, 11) is 0. The molecular weight excluding hydrogens is 278 g/mol. The van der Waals surface area contributed by atoms with E-state index in [1.165, 1.54) is 0 Å². The standard InChI is InChI=1S/C17H15N3O2/c1-9-3-4-14(21)10(2)15(9)12-7-11(17(18)22)8-13-16(12)20-6-5-19-13/h3-8,21H,1-2H3,(H2,18,22). The number of primary amides is 1. The molecule has 3 rings (SSSR count). The molecule has 0 aliphatic heterocycles. The minimum Gasteiger partial charge on any atom is -0.508 e. The van der Waals surface area contributed by atoms with Gasteiger partial charge in [0.2, 0.25) is 5.91 Å². The number of aryl methyl sites for hydroxylation is 1. The summed E-state index contributed by atoms with van der Waals surface area (Å²) < 4.78 is 0. The number of phenolic OH excluding ortho intramolecular Hbond substituents is 1. The third-order valence-corrected chi connectivity index (χ3v) is 3.77. The van der Waals surface area contributed by atoms with Crippen molar-refractivity contribution in [2.45, 2.75) is 13.8 Å². The van der Waals surface area contributed by atoms with Crippen LogP contribution in [0.2, 0.25) is 0 Å². The van der Waals surface area contributed by atoms with E-state index in [0.29, 0.717) is 16.6 Å². The number of aromatic nitrogens is 2. The molecule has 0 spiro atoms. The van der Waals surface area contributed by atoms with Gasteiger partial charge in [0.25, 0.3) is 0 Å². The highest BCUT2D eigenvalue weighted by atomic mass is 16.3. The van der Waals surface area contributed by atoms with Crippen LogP contribution in [0.5, 0.6) is 5.75 Å². The summed E-state index contributed by atoms with van der Waals surface area (Å²) in [5.41, 5.74) is 10.3. The largest absolute Gasteiger partial charge is 0.508 e. The second kappa shape index (κ2) is 5.11. The lowest BCUT2D eigenvalue weighted by molar-refractivity contribution is 0.100. The highest BCUT2D eigenvalue weighted by molar-refractivity contribution is 6.02. The lowest BCUT2D eigenvalue weighted by Gasteiger charge is -2.14. The molecular formula is C17H15N3O2. The van der Waals surface area contributed by atoms with E-state index < -0.39 is 5.91 Å². The summed E-state index contributed by atoms with van der Waals surface area (Å²) in [6.07, 6.45) is 3.17. The van der Waals surface area contributed by atoms with E-state index in [9.17, 15) is 9.90 Å². The zero-order chi connectivity index (χ0) is 15.9. The normalized spacial score (nSPS) is 10.8. The predicted octanol–water partition coefficient (Wildman–Crippen LogP) is 2.72. The van der Waals surface area contributed by atoms with Crippen molar-refractivity contribution in [2.24, 2.45) is 5.73 Å². The number of nitrogens with zero attached hydrogens (tertiary/aromatic N) is 2. The number of carbonyl (C=O) groups excluding carboxylic acids is 1. The van der Waals surface area contributed by atoms with Crippen molar-refractivity contribution in [2.75, 3.05) is 0 Å². The lowest BCUT2D eigenvalue weighted by Crippen LogP contribution is -2.11. The van der Waals surface area contributed by atoms with E-state index in [0.717, 1.165) is 22.3 Å². The first-order valence-electron chi connectivity index (χ1n) is 6.83. The van der Waals surface area contributed by atoms with E-state index in [-0.39, 0.29) is 5.75 Å². The van der Waals surface area contributed by atoms with Gasteiger partial charge in [-0.05, 0) is 48.7 Å². The van der Waals surface area contributed by atoms with Crippen molar-refractivity contribution in [1.29, 1.82) is 0 Å². The zero-order valence-electron chi connectivity index (χ0n) is 12.3. The van der Waals surface area contributed by atoms with Crippen molar-refractivity contribution in [3.05, 3.63) is 53.3 Å². The van der Waals surface area contributed by atoms with Gasteiger partial charge in [-0.1, -0.05) is 6.07 Å². The molecule has 0 fully saturated rings. The molecule has 0 bridgehead atoms. The number of carbonyl (C=O) groups is 1. The van der Waals surface area contributed by atoms with Crippen molar-refractivity contribution in [1.82, 2.24) is 9.97 Å². The number of hydrogen-bond acceptors (Lipinski definition) is 4. The van der Waals surface area contributed by atoms with Crippen molar-refractivity contribution >= 4 is 16.9 Å². The summed E-state index contributed by atoms with van der Waals surface area (Å²) >= 11 is 0. The van der Waals surface area contributed by atoms with Crippen LogP contribution in [0.1, 0.15) is 21.5 Å². The SMILES string of the molecule is Cc1ccc(O)c(C)c1-c1cc(C(N)=O)cc2nccnc12. The van der Waals surface area contributed by atoms with Crippen molar-refractivity contribution < 1.29 is 9.90 Å². The molecule has 0 saturated carbocycles. The topological polar surface area (TPSA) is 89.1 Å². The fourth-order valence-electron chi connectivity index (χ4n) is 2.66. The quantitative estimate of drug-likeness (QED) is 0.760. The van der Waals surface area contributed by atoms with Gasteiger partial charge in [0.1, 0.15) is 5.75 Å². The van der Waals surface area contributed by atoms with E-state index in [2.05, 4.69) is 9.97 Å². The minimum atomic E-state index is -0.524. The van der Waals surface area contributed by atoms with Crippen molar-refractivity contribution in [3.63, 3.8) is 0 Å². The molecule has 1 aromatic heterocycles. The molecule has 2 aromatic carbocycles. The number of aromatic hydroxyl groups is 1. The van der Waals surface area contributed by atoms with Crippen LogP contribution in [-0.4, -0.2) is 21.0 Å². The number of phenols is 1. The van der Waals surface area contributed by atoms with Gasteiger partial charge in [-0.3, -0.25) is 14.8 Å². The monoisotopic (exact) mass is 293 g/mol. The van der Waals surface area contributed by atoms with Gasteiger partial charge in [0.15, 0.2) is 0 Å². The fourth-order valence-corrected chi connectivity index (χ4v) is 2.66. The first kappa shape index (κ1) is 14.0. The molecule has 3 aromatic rings. The molecule has 0 atom stereocenters. The van der Waals surface area contributed by atoms with Crippen LogP contribution in [0, 0.1) is 13.8 Å². The van der Waals surface area contributed by atoms with Crippen LogP contribution in [0.25, 0.3) is 22.2 Å². The first-order chi connectivity index (χ1) is 10.5. The Kier molecular flexibility index (Phi) is 3.25. The molecule has 110 valence electrons. The Morgan fingerprint density at radius 3 is 2.59 bits per heavy atom. The number of amides is 1. The summed E-state index contributed by atoms with van der Waals surface area (Å²) in [5, 5.41) is 10.0. The van der Waals surface area contributed by atoms with E-state index in [1.807, 2.05) is 19.9 Å². The minimum absolute atomic E-state index is 0.196. The summed E-state index contributed by atoms with van der Waals surface area (Å²) in [4.78, 5) is 20.2. The molecule has 0 aliphatic rings. The number of hydrogen-bond donors (Lipinski definition) is 2. The first-order valence-corrected chi connectivity index (χ1v) is 6.83. The smallest absolute Gasteiger partial charge is 0.248 e. The number of nitrogens with two attached hydrogens (primary N) is 1. The van der Waals surface area contributed by atoms with Gasteiger partial charge in [-0.25, -0.2) is 0 Å². The Morgan fingerprint density at radius 2 is 1.86 bits per heavy atom. The lowest BCUT2D eigenvalue weighted by atomic mass is 9.92. The van der Waals surface area contributed by atoms with Gasteiger partial charge in [-0.15, -0.1) is 0 Å². The maximum atomic E-state index is 11.6. The molecule has 0 radical (unpaired) electrons. The van der Waals surface area contributed by atoms with Crippen LogP contribution >= 0.6 is 0 Å². The summed E-state index contributed by atoms with van der Waals surface area (Å²) in [6, 6.07) is 6.81. The Morgan fingerprint density at radius 1 is 1.14 bits per heavy atom. The average molecular weight is 293 g/mol. The molecule has 0 aliphatic carbocycles. The molecule has 1 amide bonds. The maximum absolute atomic E-state index is 11.6. The van der Waals surface area contributed by atoms with E-state index in [1.54, 1.807) is 30.6 Å². The Balaban J connectivity index is 2.45. The van der Waals surface area contributed by atoms with Gasteiger partial charge in [0.05, 0.1) is 11.0 Å². The van der Waals surface area contributed by atoms with Crippen LogP contribution < -0.4 is 5.73 Å². The molecule has 5 nitrogen and oxygen atoms in total. The third kappa shape index (κ3) is 2.16. The van der Waals surface area contributed by atoms with Crippen LogP contribution in [0.4, 0.5) is 0 Å². The van der Waals surface area contributed by atoms with Crippen LogP contribution in [0.15, 0.2) is 36.7 Å². The van der Waals surface area contributed by atoms with Gasteiger partial charge >= 0.3 is 0 Å². The molecule has 0 unspecified atom stereocenters. The number of benzene rings is 2. The average Bonchev–Trinajstić information content (AvgIpc) is 2.51. The zero-order valence-corrected chi connectivity index (χ0v) is 12.3. The highest BCUT2D eigenvalue weighted by Crippen LogP contribution is 2.36. The second-order valence-corrected chi connectivity index (χ2v) is 5.21. The van der Waals surface area contributed by atoms with Crippen LogP contribution in [-0.2, 0) is 0 Å². The summed E-state index contributed by atoms with van der Waals surface area (Å²) in [5.74, 6) is -0.327. The number of rotatable bonds is 2. The Labute approximate surface area is 127 Å². The highest BCUT2D eigenvalue weighted by Gasteiger charge is 2.16. The van der Waals surface area contributed by atoms with E-state index >= 15 is 0 Å². The van der Waals surface area contributed by atoms with Gasteiger partial charge < -0.3 is 10.8 Å². The van der Waals surface area contributed by atoms with E-state index in [4.69, 9.17) is 5.73 Å². The van der Waals surface area contributed by atoms with Gasteiger partial charge in [0, 0.05) is 23.5 Å². The predicted molar refractivity (Wildman–Crippen MR) is 84.6 cm³/mol. The van der Waals surface area contributed by atoms with Gasteiger partial charge in [-0.2, -0.15) is 0 Å². The molecule has 0 saturated heterocycles. The third-order valence-electron chi connectivity index (χ3n) is 3.77. The molecule has 1 heterocycles. The Hall–Kier alpha value is -2.95. The molecule has 22 heavy (non-hydrogen) atoms. The van der Waals surface area contributed by atoms with Crippen LogP contribution in [0.3, 0.4) is 0 Å². The fraction of sp³-hybridized carbons (Fsp3) is 0.118. The molecule has 3 N–H and O–H groups in total. The van der Waals surface area contributed by atoms with Crippen molar-refractivity contribution in [3.8, 4) is 16.9 Å². The Bertz CT molecular complexity index is 904. The summed E-state index contributed by atoms with van der Waals surface area (Å²) in [6.45, 7) is 3.78. The molecule has 5 heteroatoms. The second-order valence-electron chi connectivity index (χ2n) is 5.21. The maximum Gasteiger partial charge on any atom is 0.248 e. The number of fused-ring (bicyclic) bond motifs is 1.